The second-order valence-electron chi connectivity index (χ2n) is 5.73. The normalized spacial score (nSPS) is 15.0. The van der Waals surface area contributed by atoms with Crippen molar-refractivity contribution in [2.24, 2.45) is 7.05 Å². The van der Waals surface area contributed by atoms with Crippen LogP contribution in [0.3, 0.4) is 0 Å². The van der Waals surface area contributed by atoms with Crippen LogP contribution in [0, 0.1) is 0 Å². The summed E-state index contributed by atoms with van der Waals surface area (Å²) in [7, 11) is 2.17. The Labute approximate surface area is 135 Å². The largest absolute Gasteiger partial charge is 0.222 e. The maximum Gasteiger partial charge on any atom is 0.222 e. The first-order valence-corrected chi connectivity index (χ1v) is 8.38. The van der Waals surface area contributed by atoms with Crippen LogP contribution in [0.4, 0.5) is 0 Å². The average molecular weight is 304 g/mol. The third kappa shape index (κ3) is 1.77. The van der Waals surface area contributed by atoms with E-state index in [1.54, 1.807) is 11.8 Å². The summed E-state index contributed by atoms with van der Waals surface area (Å²) in [6, 6.07) is 8.60. The van der Waals surface area contributed by atoms with Crippen molar-refractivity contribution >= 4 is 29.3 Å². The third-order valence-corrected chi connectivity index (χ3v) is 5.71. The number of aromatic nitrogens is 1. The molecule has 0 radical (unpaired) electrons. The minimum Gasteiger partial charge on any atom is -0.194 e. The minimum absolute atomic E-state index is 1.07. The molecule has 4 rings (SSSR count). The quantitative estimate of drug-likeness (QED) is 0.733. The fourth-order valence-corrected chi connectivity index (χ4v) is 4.56. The van der Waals surface area contributed by atoms with Crippen LogP contribution in [-0.4, -0.2) is 0 Å². The van der Waals surface area contributed by atoms with E-state index in [2.05, 4.69) is 61.2 Å². The highest BCUT2D eigenvalue weighted by Gasteiger charge is 2.28. The summed E-state index contributed by atoms with van der Waals surface area (Å²) in [4.78, 5) is 2.51. The van der Waals surface area contributed by atoms with Crippen molar-refractivity contribution in [2.75, 3.05) is 0 Å². The smallest absolute Gasteiger partial charge is 0.194 e. The zero-order chi connectivity index (χ0) is 15.3. The molecule has 0 saturated carbocycles. The molecule has 2 heteroatoms. The number of hydrogen-bond acceptors (Lipinski definition) is 1. The van der Waals surface area contributed by atoms with E-state index in [-0.39, 0.29) is 0 Å². The molecule has 2 aromatic rings. The average Bonchev–Trinajstić information content (AvgIpc) is 2.58. The van der Waals surface area contributed by atoms with Crippen LogP contribution < -0.4 is 15.0 Å². The Balaban J connectivity index is 2.25. The van der Waals surface area contributed by atoms with Gasteiger partial charge in [-0.05, 0) is 30.2 Å². The van der Waals surface area contributed by atoms with Gasteiger partial charge in [-0.3, -0.25) is 0 Å². The standard InChI is InChI=1S/C20H18NS/c1-4-17-19-13(2)14-9-5-7-11-16(14)21(3)20(19)15-10-6-8-12-18(15)22-17/h4,6-8,10-12H,1-2,5,9H2,3H3/q+1. The van der Waals surface area contributed by atoms with Crippen molar-refractivity contribution in [3.63, 3.8) is 0 Å². The van der Waals surface area contributed by atoms with Crippen LogP contribution in [0.5, 0.6) is 0 Å². The molecular weight excluding hydrogens is 286 g/mol. The van der Waals surface area contributed by atoms with Gasteiger partial charge in [0, 0.05) is 21.4 Å². The summed E-state index contributed by atoms with van der Waals surface area (Å²) in [5, 5.41) is 2.43. The number of nitrogens with zero attached hydrogens (tertiary/aromatic N) is 1. The number of fused-ring (bicyclic) bond motifs is 4. The highest BCUT2D eigenvalue weighted by Crippen LogP contribution is 2.37. The summed E-state index contributed by atoms with van der Waals surface area (Å²) >= 11 is 1.80. The van der Waals surface area contributed by atoms with Crippen LogP contribution >= 0.6 is 11.8 Å². The second kappa shape index (κ2) is 4.99. The SMILES string of the molecule is C=CC1=c2c([n+](C)c3c(c2=C)CCC=C3)-c2ccccc2S1. The van der Waals surface area contributed by atoms with Crippen molar-refractivity contribution in [3.05, 3.63) is 64.7 Å². The molecule has 1 aliphatic heterocycles. The molecule has 2 heterocycles. The topological polar surface area (TPSA) is 3.88 Å². The van der Waals surface area contributed by atoms with Crippen LogP contribution in [0.15, 0.2) is 47.9 Å². The molecule has 22 heavy (non-hydrogen) atoms. The molecule has 0 saturated heterocycles. The highest BCUT2D eigenvalue weighted by atomic mass is 32.2. The summed E-state index contributed by atoms with van der Waals surface area (Å²) in [5.74, 6) is 0. The zero-order valence-corrected chi connectivity index (χ0v) is 13.5. The number of rotatable bonds is 1. The summed E-state index contributed by atoms with van der Waals surface area (Å²) in [5.41, 5.74) is 5.23. The molecule has 0 atom stereocenters. The van der Waals surface area contributed by atoms with Gasteiger partial charge in [-0.2, -0.15) is 4.57 Å². The Morgan fingerprint density at radius 3 is 2.91 bits per heavy atom. The molecule has 1 aromatic carbocycles. The molecule has 0 unspecified atom stereocenters. The minimum atomic E-state index is 1.07. The van der Waals surface area contributed by atoms with Gasteiger partial charge in [-0.1, -0.05) is 49.2 Å². The van der Waals surface area contributed by atoms with Crippen LogP contribution in [0.25, 0.3) is 28.8 Å². The molecule has 0 bridgehead atoms. The van der Waals surface area contributed by atoms with Crippen molar-refractivity contribution in [3.8, 4) is 11.3 Å². The number of pyridine rings is 1. The monoisotopic (exact) mass is 304 g/mol. The molecule has 0 fully saturated rings. The van der Waals surface area contributed by atoms with Crippen LogP contribution in [-0.2, 0) is 13.5 Å². The van der Waals surface area contributed by atoms with Crippen molar-refractivity contribution in [2.45, 2.75) is 17.7 Å². The zero-order valence-electron chi connectivity index (χ0n) is 12.7. The van der Waals surface area contributed by atoms with Gasteiger partial charge < -0.3 is 0 Å². The Kier molecular flexibility index (Phi) is 3.08. The molecule has 0 amide bonds. The lowest BCUT2D eigenvalue weighted by Gasteiger charge is -2.19. The van der Waals surface area contributed by atoms with E-state index < -0.39 is 0 Å². The van der Waals surface area contributed by atoms with E-state index in [0.29, 0.717) is 0 Å². The van der Waals surface area contributed by atoms with Gasteiger partial charge >= 0.3 is 0 Å². The molecule has 1 aromatic heterocycles. The Morgan fingerprint density at radius 2 is 2.09 bits per heavy atom. The summed E-state index contributed by atoms with van der Waals surface area (Å²) < 4.78 is 2.33. The Bertz CT molecular complexity index is 951. The van der Waals surface area contributed by atoms with Crippen LogP contribution in [0.2, 0.25) is 0 Å². The predicted octanol–water partition coefficient (Wildman–Crippen LogP) is 2.95. The molecule has 0 N–H and O–H groups in total. The maximum absolute atomic E-state index is 4.43. The van der Waals surface area contributed by atoms with Gasteiger partial charge in [-0.25, -0.2) is 0 Å². The first-order valence-electron chi connectivity index (χ1n) is 7.56. The number of benzene rings is 1. The van der Waals surface area contributed by atoms with Gasteiger partial charge in [0.05, 0.1) is 10.8 Å². The molecule has 2 aliphatic rings. The molecule has 1 nitrogen and oxygen atoms in total. The van der Waals surface area contributed by atoms with Crippen LogP contribution in [0.1, 0.15) is 17.7 Å². The predicted molar refractivity (Wildman–Crippen MR) is 94.6 cm³/mol. The van der Waals surface area contributed by atoms with Gasteiger partial charge in [0.25, 0.3) is 0 Å². The first-order chi connectivity index (χ1) is 10.7. The lowest BCUT2D eigenvalue weighted by molar-refractivity contribution is -0.663. The first kappa shape index (κ1) is 13.6. The van der Waals surface area contributed by atoms with E-state index >= 15 is 0 Å². The lowest BCUT2D eigenvalue weighted by atomic mass is 9.95. The second-order valence-corrected chi connectivity index (χ2v) is 6.82. The van der Waals surface area contributed by atoms with E-state index in [1.165, 1.54) is 42.8 Å². The Morgan fingerprint density at radius 1 is 1.27 bits per heavy atom. The van der Waals surface area contributed by atoms with E-state index in [1.807, 2.05) is 6.08 Å². The van der Waals surface area contributed by atoms with E-state index in [4.69, 9.17) is 0 Å². The van der Waals surface area contributed by atoms with E-state index in [0.717, 1.165) is 12.8 Å². The fourth-order valence-electron chi connectivity index (χ4n) is 3.50. The summed E-state index contributed by atoms with van der Waals surface area (Å²) in [6.07, 6.45) is 8.64. The Hall–Kier alpha value is -2.06. The van der Waals surface area contributed by atoms with Gasteiger partial charge in [-0.15, -0.1) is 0 Å². The molecular formula is C20H18NS+. The van der Waals surface area contributed by atoms with E-state index in [9.17, 15) is 0 Å². The molecule has 1 aliphatic carbocycles. The molecule has 108 valence electrons. The van der Waals surface area contributed by atoms with Gasteiger partial charge in [0.1, 0.15) is 7.05 Å². The van der Waals surface area contributed by atoms with Gasteiger partial charge in [0.2, 0.25) is 11.4 Å². The van der Waals surface area contributed by atoms with Crippen molar-refractivity contribution < 1.29 is 4.57 Å². The number of thioether (sulfide) groups is 1. The third-order valence-electron chi connectivity index (χ3n) is 4.54. The fraction of sp³-hybridized carbons (Fsp3) is 0.150. The van der Waals surface area contributed by atoms with Gasteiger partial charge in [0.15, 0.2) is 0 Å². The van der Waals surface area contributed by atoms with Crippen molar-refractivity contribution in [1.29, 1.82) is 0 Å². The lowest BCUT2D eigenvalue weighted by Crippen LogP contribution is -2.49. The maximum atomic E-state index is 4.43. The number of allylic oxidation sites excluding steroid dienone is 1. The molecule has 0 spiro atoms. The van der Waals surface area contributed by atoms with Crippen molar-refractivity contribution in [1.82, 2.24) is 0 Å². The number of hydrogen-bond donors (Lipinski definition) is 0. The summed E-state index contributed by atoms with van der Waals surface area (Å²) in [6.45, 7) is 8.46. The highest BCUT2D eigenvalue weighted by molar-refractivity contribution is 8.08.